The third-order valence-electron chi connectivity index (χ3n) is 3.57. The highest BCUT2D eigenvalue weighted by molar-refractivity contribution is 8.16. The Morgan fingerprint density at radius 1 is 1.36 bits per heavy atom. The van der Waals surface area contributed by atoms with Crippen LogP contribution in [0.3, 0.4) is 0 Å². The standard InChI is InChI=1S/C11H18N2S/c1-6-8-7-14-9-12-10(2,3)11(4,5)13(8)9/h7H,6H2,1-5H3. The molecule has 0 radical (unpaired) electrons. The molecule has 0 saturated carbocycles. The quantitative estimate of drug-likeness (QED) is 0.660. The first-order valence-corrected chi connectivity index (χ1v) is 6.04. The number of fused-ring (bicyclic) bond motifs is 1. The molecule has 0 amide bonds. The Morgan fingerprint density at radius 3 is 2.57 bits per heavy atom. The second kappa shape index (κ2) is 2.78. The molecule has 0 fully saturated rings. The maximum Gasteiger partial charge on any atom is 0.169 e. The second-order valence-corrected chi connectivity index (χ2v) is 5.76. The van der Waals surface area contributed by atoms with Crippen LogP contribution < -0.4 is 0 Å². The van der Waals surface area contributed by atoms with Crippen LogP contribution in [0, 0.1) is 0 Å². The van der Waals surface area contributed by atoms with Crippen molar-refractivity contribution in [1.29, 1.82) is 0 Å². The maximum atomic E-state index is 4.79. The second-order valence-electron chi connectivity index (χ2n) is 4.93. The van der Waals surface area contributed by atoms with Crippen LogP contribution in [0.25, 0.3) is 0 Å². The summed E-state index contributed by atoms with van der Waals surface area (Å²) < 4.78 is 0. The van der Waals surface area contributed by atoms with Crippen molar-refractivity contribution in [2.45, 2.75) is 52.1 Å². The fraction of sp³-hybridized carbons (Fsp3) is 0.727. The number of allylic oxidation sites excluding steroid dienone is 1. The largest absolute Gasteiger partial charge is 0.316 e. The van der Waals surface area contributed by atoms with Gasteiger partial charge in [-0.1, -0.05) is 18.7 Å². The van der Waals surface area contributed by atoms with Gasteiger partial charge in [-0.25, -0.2) is 0 Å². The molecule has 2 aliphatic heterocycles. The van der Waals surface area contributed by atoms with E-state index in [1.165, 1.54) is 10.9 Å². The topological polar surface area (TPSA) is 15.6 Å². The molecule has 0 aromatic rings. The fourth-order valence-electron chi connectivity index (χ4n) is 1.91. The molecule has 78 valence electrons. The smallest absolute Gasteiger partial charge is 0.169 e. The predicted molar refractivity (Wildman–Crippen MR) is 63.4 cm³/mol. The van der Waals surface area contributed by atoms with E-state index < -0.39 is 0 Å². The van der Waals surface area contributed by atoms with E-state index in [9.17, 15) is 0 Å². The van der Waals surface area contributed by atoms with Crippen molar-refractivity contribution in [3.8, 4) is 0 Å². The van der Waals surface area contributed by atoms with Crippen molar-refractivity contribution < 1.29 is 0 Å². The number of hydrogen-bond donors (Lipinski definition) is 0. The highest BCUT2D eigenvalue weighted by Gasteiger charge is 2.51. The van der Waals surface area contributed by atoms with Crippen LogP contribution in [0.1, 0.15) is 41.0 Å². The van der Waals surface area contributed by atoms with Gasteiger partial charge in [-0.3, -0.25) is 4.99 Å². The number of hydrogen-bond acceptors (Lipinski definition) is 3. The Bertz CT molecular complexity index is 326. The van der Waals surface area contributed by atoms with Crippen LogP contribution in [0.5, 0.6) is 0 Å². The summed E-state index contributed by atoms with van der Waals surface area (Å²) in [5.74, 6) is 0. The first-order valence-electron chi connectivity index (χ1n) is 5.16. The van der Waals surface area contributed by atoms with Gasteiger partial charge in [0.1, 0.15) is 0 Å². The average molecular weight is 210 g/mol. The number of amidine groups is 1. The minimum atomic E-state index is 0.0179. The third kappa shape index (κ3) is 1.08. The van der Waals surface area contributed by atoms with E-state index in [1.54, 1.807) is 11.8 Å². The number of thioether (sulfide) groups is 1. The molecule has 0 aliphatic carbocycles. The Hall–Kier alpha value is -0.440. The van der Waals surface area contributed by atoms with E-state index in [4.69, 9.17) is 4.99 Å². The minimum absolute atomic E-state index is 0.0179. The zero-order valence-corrected chi connectivity index (χ0v) is 10.4. The SMILES string of the molecule is CCC1=CSC2=NC(C)(C)C(C)(C)N12. The van der Waals surface area contributed by atoms with Crippen LogP contribution in [0.15, 0.2) is 16.1 Å². The molecule has 0 aromatic carbocycles. The molecule has 0 N–H and O–H groups in total. The lowest BCUT2D eigenvalue weighted by molar-refractivity contribution is 0.191. The lowest BCUT2D eigenvalue weighted by atomic mass is 9.83. The number of nitrogens with zero attached hydrogens (tertiary/aromatic N) is 2. The Balaban J connectivity index is 2.42. The van der Waals surface area contributed by atoms with Crippen molar-refractivity contribution in [3.05, 3.63) is 11.1 Å². The molecule has 2 aliphatic rings. The highest BCUT2D eigenvalue weighted by Crippen LogP contribution is 2.46. The summed E-state index contributed by atoms with van der Waals surface area (Å²) in [6.07, 6.45) is 1.09. The van der Waals surface area contributed by atoms with E-state index >= 15 is 0 Å². The molecular weight excluding hydrogens is 192 g/mol. The van der Waals surface area contributed by atoms with Gasteiger partial charge in [0.05, 0.1) is 11.1 Å². The highest BCUT2D eigenvalue weighted by atomic mass is 32.2. The van der Waals surface area contributed by atoms with Gasteiger partial charge in [0.2, 0.25) is 0 Å². The van der Waals surface area contributed by atoms with E-state index in [1.807, 2.05) is 0 Å². The molecule has 14 heavy (non-hydrogen) atoms. The number of aliphatic imine (C=N–C) groups is 1. The van der Waals surface area contributed by atoms with Gasteiger partial charge in [0.25, 0.3) is 0 Å². The van der Waals surface area contributed by atoms with E-state index in [2.05, 4.69) is 44.9 Å². The van der Waals surface area contributed by atoms with Crippen LogP contribution in [0.2, 0.25) is 0 Å². The number of rotatable bonds is 1. The van der Waals surface area contributed by atoms with E-state index in [0.29, 0.717) is 0 Å². The normalized spacial score (nSPS) is 27.4. The van der Waals surface area contributed by atoms with Crippen LogP contribution in [-0.4, -0.2) is 21.1 Å². The van der Waals surface area contributed by atoms with Crippen molar-refractivity contribution in [2.24, 2.45) is 4.99 Å². The Labute approximate surface area is 90.5 Å². The zero-order valence-electron chi connectivity index (χ0n) is 9.59. The van der Waals surface area contributed by atoms with Gasteiger partial charge >= 0.3 is 0 Å². The van der Waals surface area contributed by atoms with Crippen molar-refractivity contribution in [2.75, 3.05) is 0 Å². The van der Waals surface area contributed by atoms with Crippen molar-refractivity contribution in [1.82, 2.24) is 4.90 Å². The van der Waals surface area contributed by atoms with Crippen LogP contribution in [-0.2, 0) is 0 Å². The van der Waals surface area contributed by atoms with Gasteiger partial charge in [0.15, 0.2) is 5.17 Å². The molecule has 0 bridgehead atoms. The van der Waals surface area contributed by atoms with Gasteiger partial charge in [-0.05, 0) is 39.5 Å². The van der Waals surface area contributed by atoms with E-state index in [-0.39, 0.29) is 11.1 Å². The molecule has 0 saturated heterocycles. The molecule has 0 unspecified atom stereocenters. The lowest BCUT2D eigenvalue weighted by Gasteiger charge is -2.40. The molecule has 2 nitrogen and oxygen atoms in total. The Morgan fingerprint density at radius 2 is 2.00 bits per heavy atom. The zero-order chi connectivity index (χ0) is 10.6. The van der Waals surface area contributed by atoms with Gasteiger partial charge in [-0.15, -0.1) is 0 Å². The fourth-order valence-corrected chi connectivity index (χ4v) is 3.16. The summed E-state index contributed by atoms with van der Waals surface area (Å²) in [4.78, 5) is 7.19. The molecule has 0 aromatic heterocycles. The first kappa shape index (κ1) is 10.1. The van der Waals surface area contributed by atoms with E-state index in [0.717, 1.165) is 6.42 Å². The lowest BCUT2D eigenvalue weighted by Crippen LogP contribution is -2.51. The summed E-state index contributed by atoms with van der Waals surface area (Å²) in [6, 6.07) is 0. The molecule has 2 heterocycles. The summed E-state index contributed by atoms with van der Waals surface area (Å²) >= 11 is 1.76. The first-order chi connectivity index (χ1) is 6.40. The average Bonchev–Trinajstić information content (AvgIpc) is 2.52. The minimum Gasteiger partial charge on any atom is -0.316 e. The summed E-state index contributed by atoms with van der Waals surface area (Å²) in [5, 5.41) is 3.41. The van der Waals surface area contributed by atoms with Gasteiger partial charge in [0, 0.05) is 5.70 Å². The molecule has 3 heteroatoms. The summed E-state index contributed by atoms with van der Waals surface area (Å²) in [6.45, 7) is 11.2. The van der Waals surface area contributed by atoms with Gasteiger partial charge in [-0.2, -0.15) is 0 Å². The summed E-state index contributed by atoms with van der Waals surface area (Å²) in [5.41, 5.74) is 1.53. The monoisotopic (exact) mass is 210 g/mol. The maximum absolute atomic E-state index is 4.79. The molecular formula is C11H18N2S. The molecule has 2 rings (SSSR count). The molecule has 0 spiro atoms. The molecule has 0 atom stereocenters. The van der Waals surface area contributed by atoms with Crippen LogP contribution in [0.4, 0.5) is 0 Å². The van der Waals surface area contributed by atoms with Crippen molar-refractivity contribution in [3.63, 3.8) is 0 Å². The Kier molecular flexibility index (Phi) is 2.01. The van der Waals surface area contributed by atoms with Crippen LogP contribution >= 0.6 is 11.8 Å². The summed E-state index contributed by atoms with van der Waals surface area (Å²) in [7, 11) is 0. The van der Waals surface area contributed by atoms with Gasteiger partial charge < -0.3 is 4.90 Å². The third-order valence-corrected chi connectivity index (χ3v) is 4.45. The predicted octanol–water partition coefficient (Wildman–Crippen LogP) is 3.21. The van der Waals surface area contributed by atoms with Crippen molar-refractivity contribution >= 4 is 16.9 Å².